The van der Waals surface area contributed by atoms with Crippen molar-refractivity contribution >= 4 is 32.2 Å². The Kier molecular flexibility index (Phi) is 4.12. The van der Waals surface area contributed by atoms with E-state index >= 15 is 0 Å². The number of rotatable bonds is 5. The van der Waals surface area contributed by atoms with Crippen molar-refractivity contribution in [2.75, 3.05) is 17.3 Å². The van der Waals surface area contributed by atoms with Gasteiger partial charge < -0.3 is 11.1 Å². The summed E-state index contributed by atoms with van der Waals surface area (Å²) in [6.07, 6.45) is 3.31. The molecular weight excluding hydrogens is 312 g/mol. The molecule has 0 heterocycles. The smallest absolute Gasteiger partial charge is 0.241 e. The number of nitrogens with two attached hydrogens (primary N) is 1. The molecule has 1 amide bonds. The summed E-state index contributed by atoms with van der Waals surface area (Å²) in [7, 11) is -3.12. The molecule has 0 fully saturated rings. The molecule has 5 nitrogen and oxygen atoms in total. The van der Waals surface area contributed by atoms with E-state index in [0.29, 0.717) is 0 Å². The van der Waals surface area contributed by atoms with E-state index in [2.05, 4.69) is 11.4 Å². The summed E-state index contributed by atoms with van der Waals surface area (Å²) in [4.78, 5) is 12.2. The lowest BCUT2D eigenvalue weighted by atomic mass is 10.0. The van der Waals surface area contributed by atoms with Crippen molar-refractivity contribution in [3.8, 4) is 0 Å². The van der Waals surface area contributed by atoms with Crippen LogP contribution in [0.2, 0.25) is 0 Å². The highest BCUT2D eigenvalue weighted by atomic mass is 32.2. The largest absolute Gasteiger partial charge is 0.324 e. The predicted molar refractivity (Wildman–Crippen MR) is 92.3 cm³/mol. The topological polar surface area (TPSA) is 89.3 Å². The molecule has 1 atom stereocenters. The third-order valence-electron chi connectivity index (χ3n) is 4.27. The molecular formula is C17H20N2O3S. The van der Waals surface area contributed by atoms with Crippen molar-refractivity contribution in [3.05, 3.63) is 41.5 Å². The van der Waals surface area contributed by atoms with Gasteiger partial charge in [-0.15, -0.1) is 0 Å². The first-order chi connectivity index (χ1) is 10.8. The Morgan fingerprint density at radius 1 is 1.22 bits per heavy atom. The van der Waals surface area contributed by atoms with E-state index in [4.69, 9.17) is 5.73 Å². The molecule has 2 aromatic carbocycles. The molecule has 1 aliphatic rings. The van der Waals surface area contributed by atoms with Gasteiger partial charge in [-0.25, -0.2) is 8.42 Å². The number of amides is 1. The van der Waals surface area contributed by atoms with Crippen molar-refractivity contribution in [1.82, 2.24) is 0 Å². The molecule has 0 saturated carbocycles. The first kappa shape index (κ1) is 16.0. The molecule has 2 aromatic rings. The summed E-state index contributed by atoms with van der Waals surface area (Å²) in [6, 6.07) is 9.19. The highest BCUT2D eigenvalue weighted by molar-refractivity contribution is 7.90. The minimum absolute atomic E-state index is 0.0918. The standard InChI is InChI=1S/C17H20N2O3S/c1-23(21,22)10-9-14(18)17(20)19-15-8-7-12-6-5-11-3-2-4-13(15)16(11)12/h2-4,7-8,14H,5-6,9-10,18H2,1H3,(H,19,20). The average Bonchev–Trinajstić information content (AvgIpc) is 2.92. The number of carbonyl (C=O) groups is 1. The van der Waals surface area contributed by atoms with Crippen LogP contribution in [0.25, 0.3) is 10.8 Å². The number of nitrogens with one attached hydrogen (secondary N) is 1. The molecule has 122 valence electrons. The first-order valence-corrected chi connectivity index (χ1v) is 9.69. The zero-order chi connectivity index (χ0) is 16.6. The lowest BCUT2D eigenvalue weighted by Crippen LogP contribution is -2.37. The molecule has 1 aliphatic carbocycles. The zero-order valence-electron chi connectivity index (χ0n) is 13.0. The van der Waals surface area contributed by atoms with Gasteiger partial charge in [0.05, 0.1) is 11.8 Å². The SMILES string of the molecule is CS(=O)(=O)CCC(N)C(=O)Nc1ccc2c3c(cccc13)CC2. The molecule has 1 unspecified atom stereocenters. The quantitative estimate of drug-likeness (QED) is 0.871. The normalized spacial score (nSPS) is 14.9. The Bertz CT molecular complexity index is 865. The van der Waals surface area contributed by atoms with E-state index in [9.17, 15) is 13.2 Å². The summed E-state index contributed by atoms with van der Waals surface area (Å²) < 4.78 is 22.4. The maximum absolute atomic E-state index is 12.2. The van der Waals surface area contributed by atoms with E-state index in [1.165, 1.54) is 16.5 Å². The number of benzene rings is 2. The molecule has 3 rings (SSSR count). The van der Waals surface area contributed by atoms with Crippen molar-refractivity contribution in [3.63, 3.8) is 0 Å². The van der Waals surface area contributed by atoms with Gasteiger partial charge in [-0.1, -0.05) is 24.3 Å². The summed E-state index contributed by atoms with van der Waals surface area (Å²) in [5.74, 6) is -0.446. The van der Waals surface area contributed by atoms with E-state index in [0.717, 1.165) is 30.2 Å². The van der Waals surface area contributed by atoms with Crippen LogP contribution in [0.4, 0.5) is 5.69 Å². The van der Waals surface area contributed by atoms with Crippen LogP contribution in [0.5, 0.6) is 0 Å². The number of carbonyl (C=O) groups excluding carboxylic acids is 1. The van der Waals surface area contributed by atoms with Crippen LogP contribution in [0, 0.1) is 0 Å². The Hall–Kier alpha value is -1.92. The summed E-state index contributed by atoms with van der Waals surface area (Å²) in [5.41, 5.74) is 9.14. The minimum atomic E-state index is -3.12. The molecule has 0 saturated heterocycles. The second-order valence-electron chi connectivity index (χ2n) is 6.13. The zero-order valence-corrected chi connectivity index (χ0v) is 13.8. The Labute approximate surface area is 135 Å². The fourth-order valence-corrected chi connectivity index (χ4v) is 3.74. The van der Waals surface area contributed by atoms with Gasteiger partial charge in [-0.3, -0.25) is 4.79 Å². The second-order valence-corrected chi connectivity index (χ2v) is 8.39. The molecule has 0 radical (unpaired) electrons. The fourth-order valence-electron chi connectivity index (χ4n) is 3.05. The maximum atomic E-state index is 12.2. The van der Waals surface area contributed by atoms with Crippen LogP contribution < -0.4 is 11.1 Å². The van der Waals surface area contributed by atoms with Gasteiger partial charge in [0, 0.05) is 17.3 Å². The second kappa shape index (κ2) is 5.94. The van der Waals surface area contributed by atoms with Gasteiger partial charge >= 0.3 is 0 Å². The highest BCUT2D eigenvalue weighted by Crippen LogP contribution is 2.34. The molecule has 23 heavy (non-hydrogen) atoms. The molecule has 3 N–H and O–H groups in total. The molecule has 0 aromatic heterocycles. The first-order valence-electron chi connectivity index (χ1n) is 7.63. The Morgan fingerprint density at radius 2 is 1.91 bits per heavy atom. The van der Waals surface area contributed by atoms with E-state index < -0.39 is 15.9 Å². The Balaban J connectivity index is 1.81. The lowest BCUT2D eigenvalue weighted by molar-refractivity contribution is -0.117. The third-order valence-corrected chi connectivity index (χ3v) is 5.25. The minimum Gasteiger partial charge on any atom is -0.324 e. The summed E-state index contributed by atoms with van der Waals surface area (Å²) in [6.45, 7) is 0. The number of hydrogen-bond donors (Lipinski definition) is 2. The van der Waals surface area contributed by atoms with Gasteiger partial charge in [-0.05, 0) is 41.8 Å². The van der Waals surface area contributed by atoms with Crippen molar-refractivity contribution in [2.45, 2.75) is 25.3 Å². The molecule has 0 bridgehead atoms. The van der Waals surface area contributed by atoms with Crippen molar-refractivity contribution in [1.29, 1.82) is 0 Å². The monoisotopic (exact) mass is 332 g/mol. The van der Waals surface area contributed by atoms with Crippen molar-refractivity contribution < 1.29 is 13.2 Å². The highest BCUT2D eigenvalue weighted by Gasteiger charge is 2.19. The van der Waals surface area contributed by atoms with E-state index in [1.807, 2.05) is 24.3 Å². The summed E-state index contributed by atoms with van der Waals surface area (Å²) >= 11 is 0. The number of aryl methyl sites for hydroxylation is 2. The van der Waals surface area contributed by atoms with E-state index in [-0.39, 0.29) is 18.1 Å². The Morgan fingerprint density at radius 3 is 2.61 bits per heavy atom. The molecule has 0 aliphatic heterocycles. The van der Waals surface area contributed by atoms with Gasteiger partial charge in [0.15, 0.2) is 0 Å². The van der Waals surface area contributed by atoms with E-state index in [1.54, 1.807) is 0 Å². The van der Waals surface area contributed by atoms with Crippen LogP contribution in [0.15, 0.2) is 30.3 Å². The fraction of sp³-hybridized carbons (Fsp3) is 0.353. The van der Waals surface area contributed by atoms with Crippen LogP contribution >= 0.6 is 0 Å². The predicted octanol–water partition coefficient (Wildman–Crippen LogP) is 1.64. The lowest BCUT2D eigenvalue weighted by Gasteiger charge is -2.14. The maximum Gasteiger partial charge on any atom is 0.241 e. The molecule has 6 heteroatoms. The van der Waals surface area contributed by atoms with Crippen LogP contribution in [-0.2, 0) is 27.5 Å². The molecule has 0 spiro atoms. The van der Waals surface area contributed by atoms with Crippen LogP contribution in [0.3, 0.4) is 0 Å². The number of anilines is 1. The van der Waals surface area contributed by atoms with Gasteiger partial charge in [0.25, 0.3) is 0 Å². The number of sulfone groups is 1. The van der Waals surface area contributed by atoms with Crippen molar-refractivity contribution in [2.24, 2.45) is 5.73 Å². The number of hydrogen-bond acceptors (Lipinski definition) is 4. The van der Waals surface area contributed by atoms with Gasteiger partial charge in [0.2, 0.25) is 5.91 Å². The van der Waals surface area contributed by atoms with Crippen LogP contribution in [0.1, 0.15) is 17.5 Å². The van der Waals surface area contributed by atoms with Gasteiger partial charge in [-0.2, -0.15) is 0 Å². The van der Waals surface area contributed by atoms with Gasteiger partial charge in [0.1, 0.15) is 9.84 Å². The average molecular weight is 332 g/mol. The van der Waals surface area contributed by atoms with Crippen LogP contribution in [-0.4, -0.2) is 32.4 Å². The summed E-state index contributed by atoms with van der Waals surface area (Å²) in [5, 5.41) is 5.08. The third kappa shape index (κ3) is 3.38.